The Morgan fingerprint density at radius 3 is 1.98 bits per heavy atom. The number of aromatic amines is 1. The number of amides is 3. The topological polar surface area (TPSA) is 218 Å². The predicted molar refractivity (Wildman–Crippen MR) is 169 cm³/mol. The molecule has 0 aliphatic carbocycles. The molecule has 0 saturated heterocycles. The SMILES string of the molecule is NCCCC[C@H](NC(=O)[C@H](Cc1c[nH]c2ccccc12)NC(=O)[C@@H](N)CCCCN)C(=O)N[C@@H](Cc1ccccc1)C(=O)O. The molecule has 12 nitrogen and oxygen atoms in total. The molecule has 1 aromatic heterocycles. The van der Waals surface area contributed by atoms with Gasteiger partial charge in [0.25, 0.3) is 0 Å². The summed E-state index contributed by atoms with van der Waals surface area (Å²) in [6, 6.07) is 12.4. The van der Waals surface area contributed by atoms with Crippen LogP contribution in [0.15, 0.2) is 60.8 Å². The smallest absolute Gasteiger partial charge is 0.326 e. The predicted octanol–water partition coefficient (Wildman–Crippen LogP) is 1.08. The lowest BCUT2D eigenvalue weighted by Crippen LogP contribution is -2.57. The molecule has 3 aromatic rings. The number of fused-ring (bicyclic) bond motifs is 1. The highest BCUT2D eigenvalue weighted by atomic mass is 16.4. The number of hydrogen-bond donors (Lipinski definition) is 8. The molecule has 0 aliphatic heterocycles. The Hall–Kier alpha value is -4.26. The lowest BCUT2D eigenvalue weighted by atomic mass is 10.0. The van der Waals surface area contributed by atoms with Gasteiger partial charge in [0.2, 0.25) is 17.7 Å². The van der Waals surface area contributed by atoms with Gasteiger partial charge >= 0.3 is 5.97 Å². The summed E-state index contributed by atoms with van der Waals surface area (Å²) >= 11 is 0. The molecule has 4 atom stereocenters. The summed E-state index contributed by atoms with van der Waals surface area (Å²) in [4.78, 5) is 55.5. The number of nitrogens with one attached hydrogen (secondary N) is 4. The number of unbranched alkanes of at least 4 members (excludes halogenated alkanes) is 2. The molecule has 2 aromatic carbocycles. The highest BCUT2D eigenvalue weighted by Gasteiger charge is 2.31. The summed E-state index contributed by atoms with van der Waals surface area (Å²) in [6.45, 7) is 0.886. The number of rotatable bonds is 19. The Kier molecular flexibility index (Phi) is 13.8. The van der Waals surface area contributed by atoms with Gasteiger partial charge in [-0.1, -0.05) is 55.0 Å². The van der Waals surface area contributed by atoms with E-state index in [1.807, 2.05) is 30.3 Å². The Balaban J connectivity index is 1.80. The third-order valence-corrected chi connectivity index (χ3v) is 7.52. The van der Waals surface area contributed by atoms with Crippen LogP contribution in [0.3, 0.4) is 0 Å². The number of carbonyl (C=O) groups is 4. The number of hydrogen-bond acceptors (Lipinski definition) is 7. The molecule has 3 amide bonds. The maximum Gasteiger partial charge on any atom is 0.326 e. The van der Waals surface area contributed by atoms with E-state index in [9.17, 15) is 24.3 Å². The first-order valence-electron chi connectivity index (χ1n) is 15.1. The van der Waals surface area contributed by atoms with E-state index in [1.54, 1.807) is 30.5 Å². The molecule has 238 valence electrons. The third-order valence-electron chi connectivity index (χ3n) is 7.52. The van der Waals surface area contributed by atoms with Gasteiger partial charge in [-0.05, 0) is 62.4 Å². The molecule has 0 radical (unpaired) electrons. The summed E-state index contributed by atoms with van der Waals surface area (Å²) in [6.07, 6.45) is 5.17. The number of H-pyrrole nitrogens is 1. The Bertz CT molecular complexity index is 1360. The normalized spacial score (nSPS) is 13.9. The van der Waals surface area contributed by atoms with Crippen LogP contribution in [0.1, 0.15) is 49.7 Å². The van der Waals surface area contributed by atoms with Crippen molar-refractivity contribution in [1.29, 1.82) is 0 Å². The highest BCUT2D eigenvalue weighted by molar-refractivity contribution is 5.95. The van der Waals surface area contributed by atoms with E-state index < -0.39 is 47.9 Å². The zero-order valence-corrected chi connectivity index (χ0v) is 25.0. The molecule has 0 spiro atoms. The van der Waals surface area contributed by atoms with Gasteiger partial charge in [-0.25, -0.2) is 4.79 Å². The maximum atomic E-state index is 13.8. The van der Waals surface area contributed by atoms with Gasteiger partial charge in [-0.3, -0.25) is 14.4 Å². The number of aromatic nitrogens is 1. The van der Waals surface area contributed by atoms with Crippen molar-refractivity contribution in [2.75, 3.05) is 13.1 Å². The van der Waals surface area contributed by atoms with Crippen molar-refractivity contribution in [3.63, 3.8) is 0 Å². The number of carboxylic acid groups (broad SMARTS) is 1. The van der Waals surface area contributed by atoms with E-state index in [0.29, 0.717) is 38.8 Å². The molecular weight excluding hydrogens is 562 g/mol. The average Bonchev–Trinajstić information content (AvgIpc) is 3.43. The minimum Gasteiger partial charge on any atom is -0.480 e. The van der Waals surface area contributed by atoms with Crippen LogP contribution in [-0.2, 0) is 32.0 Å². The van der Waals surface area contributed by atoms with Gasteiger partial charge < -0.3 is 43.2 Å². The number of nitrogens with two attached hydrogens (primary N) is 3. The van der Waals surface area contributed by atoms with Crippen molar-refractivity contribution in [3.8, 4) is 0 Å². The van der Waals surface area contributed by atoms with Gasteiger partial charge in [-0.2, -0.15) is 0 Å². The van der Waals surface area contributed by atoms with Crippen LogP contribution < -0.4 is 33.2 Å². The molecule has 0 saturated carbocycles. The summed E-state index contributed by atoms with van der Waals surface area (Å²) in [7, 11) is 0. The first-order valence-corrected chi connectivity index (χ1v) is 15.1. The number of carboxylic acids is 1. The van der Waals surface area contributed by atoms with Gasteiger partial charge in [-0.15, -0.1) is 0 Å². The molecule has 0 bridgehead atoms. The average molecular weight is 608 g/mol. The Morgan fingerprint density at radius 2 is 1.30 bits per heavy atom. The van der Waals surface area contributed by atoms with Gasteiger partial charge in [0.05, 0.1) is 6.04 Å². The fourth-order valence-corrected chi connectivity index (χ4v) is 5.00. The zero-order valence-electron chi connectivity index (χ0n) is 25.0. The second-order valence-corrected chi connectivity index (χ2v) is 11.0. The van der Waals surface area contributed by atoms with Crippen molar-refractivity contribution in [2.45, 2.75) is 75.5 Å². The first-order chi connectivity index (χ1) is 21.2. The minimum atomic E-state index is -1.20. The zero-order chi connectivity index (χ0) is 31.9. The molecule has 0 fully saturated rings. The Labute approximate surface area is 257 Å². The van der Waals surface area contributed by atoms with E-state index in [2.05, 4.69) is 20.9 Å². The van der Waals surface area contributed by atoms with E-state index >= 15 is 0 Å². The van der Waals surface area contributed by atoms with Crippen LogP contribution in [0.5, 0.6) is 0 Å². The van der Waals surface area contributed by atoms with Crippen LogP contribution >= 0.6 is 0 Å². The molecule has 12 heteroatoms. The van der Waals surface area contributed by atoms with Crippen LogP contribution in [-0.4, -0.2) is 71.0 Å². The number of aliphatic carboxylic acids is 1. The van der Waals surface area contributed by atoms with Crippen molar-refractivity contribution in [1.82, 2.24) is 20.9 Å². The van der Waals surface area contributed by atoms with Gasteiger partial charge in [0.15, 0.2) is 0 Å². The standard InChI is InChI=1S/C32H45N7O5/c33-16-8-6-13-24(35)29(40)38-27(19-22-20-36-25-14-5-4-12-23(22)25)31(42)37-26(15-7-9-17-34)30(41)39-28(32(43)44)18-21-10-2-1-3-11-21/h1-5,10-12,14,20,24,26-28,36H,6-9,13,15-19,33-35H2,(H,37,42)(H,38,40)(H,39,41)(H,43,44)/t24-,26-,27-,28-/m0/s1. The molecule has 1 heterocycles. The van der Waals surface area contributed by atoms with Crippen molar-refractivity contribution in [2.24, 2.45) is 17.2 Å². The monoisotopic (exact) mass is 607 g/mol. The highest BCUT2D eigenvalue weighted by Crippen LogP contribution is 2.19. The molecule has 44 heavy (non-hydrogen) atoms. The molecule has 3 rings (SSSR count). The Morgan fingerprint density at radius 1 is 0.705 bits per heavy atom. The van der Waals surface area contributed by atoms with Crippen LogP contribution in [0.4, 0.5) is 0 Å². The maximum absolute atomic E-state index is 13.8. The van der Waals surface area contributed by atoms with E-state index in [-0.39, 0.29) is 19.3 Å². The van der Waals surface area contributed by atoms with Crippen LogP contribution in [0.2, 0.25) is 0 Å². The fraction of sp³-hybridized carbons (Fsp3) is 0.438. The summed E-state index contributed by atoms with van der Waals surface area (Å²) < 4.78 is 0. The van der Waals surface area contributed by atoms with E-state index in [4.69, 9.17) is 17.2 Å². The molecule has 11 N–H and O–H groups in total. The molecule has 0 aliphatic rings. The lowest BCUT2D eigenvalue weighted by molar-refractivity contribution is -0.142. The van der Waals surface area contributed by atoms with Gasteiger partial charge in [0.1, 0.15) is 18.1 Å². The van der Waals surface area contributed by atoms with Crippen molar-refractivity contribution in [3.05, 3.63) is 71.9 Å². The second-order valence-electron chi connectivity index (χ2n) is 11.0. The van der Waals surface area contributed by atoms with Crippen molar-refractivity contribution < 1.29 is 24.3 Å². The summed E-state index contributed by atoms with van der Waals surface area (Å²) in [5, 5.41) is 18.9. The number of carbonyl (C=O) groups excluding carboxylic acids is 3. The minimum absolute atomic E-state index is 0.0761. The molecule has 0 unspecified atom stereocenters. The number of benzene rings is 2. The quantitative estimate of drug-likeness (QED) is 0.0920. The van der Waals surface area contributed by atoms with E-state index in [1.165, 1.54) is 0 Å². The molecular formula is C32H45N7O5. The van der Waals surface area contributed by atoms with E-state index in [0.717, 1.165) is 28.5 Å². The fourth-order valence-electron chi connectivity index (χ4n) is 5.00. The second kappa shape index (κ2) is 17.8. The third kappa shape index (κ3) is 10.5. The summed E-state index contributed by atoms with van der Waals surface area (Å²) in [5.74, 6) is -2.89. The largest absolute Gasteiger partial charge is 0.480 e. The lowest BCUT2D eigenvalue weighted by Gasteiger charge is -2.25. The van der Waals surface area contributed by atoms with Crippen LogP contribution in [0.25, 0.3) is 10.9 Å². The van der Waals surface area contributed by atoms with Crippen LogP contribution in [0, 0.1) is 0 Å². The van der Waals surface area contributed by atoms with Gasteiger partial charge in [0, 0.05) is 29.9 Å². The number of para-hydroxylation sites is 1. The first kappa shape index (κ1) is 34.2. The van der Waals surface area contributed by atoms with Crippen molar-refractivity contribution >= 4 is 34.6 Å². The summed E-state index contributed by atoms with van der Waals surface area (Å²) in [5.41, 5.74) is 19.8.